The van der Waals surface area contributed by atoms with E-state index in [1.807, 2.05) is 18.2 Å². The lowest BCUT2D eigenvalue weighted by atomic mass is 10.1. The van der Waals surface area contributed by atoms with Crippen LogP contribution in [0.15, 0.2) is 43.5 Å². The summed E-state index contributed by atoms with van der Waals surface area (Å²) in [6, 6.07) is 8.56. The van der Waals surface area contributed by atoms with Gasteiger partial charge in [0.15, 0.2) is 5.78 Å². The molecule has 1 fully saturated rings. The van der Waals surface area contributed by atoms with Gasteiger partial charge in [0, 0.05) is 6.54 Å². The molecule has 2 rings (SSSR count). The largest absolute Gasteiger partial charge is 0.445 e. The SMILES string of the molecule is C=C.CC(=O)[C@H]1CCCN1C(=O)C(=O)CNC(=O)OCc1ccccc1. The average molecular weight is 360 g/mol. The van der Waals surface area contributed by atoms with Crippen molar-refractivity contribution in [3.05, 3.63) is 49.1 Å². The number of likely N-dealkylation sites (tertiary alicyclic amines) is 1. The van der Waals surface area contributed by atoms with Gasteiger partial charge in [-0.25, -0.2) is 4.79 Å². The van der Waals surface area contributed by atoms with Crippen molar-refractivity contribution in [2.24, 2.45) is 0 Å². The normalized spacial score (nSPS) is 15.4. The smallest absolute Gasteiger partial charge is 0.407 e. The standard InChI is InChI=1S/C17H20N2O5.C2H4/c1-12(20)14-8-5-9-19(14)16(22)15(21)10-18-17(23)24-11-13-6-3-2-4-7-13;1-2/h2-4,6-7,14H,5,8-11H2,1H3,(H,18,23);1-2H2/t14-;/m1./s1. The zero-order chi connectivity index (χ0) is 19.5. The molecule has 1 aliphatic rings. The molecule has 1 aromatic rings. The van der Waals surface area contributed by atoms with Crippen molar-refractivity contribution < 1.29 is 23.9 Å². The molecule has 0 bridgehead atoms. The Morgan fingerprint density at radius 1 is 1.19 bits per heavy atom. The number of Topliss-reactive ketones (excluding diaryl/α,β-unsaturated/α-hetero) is 2. The minimum Gasteiger partial charge on any atom is -0.445 e. The number of rotatable bonds is 6. The van der Waals surface area contributed by atoms with Crippen LogP contribution in [0.3, 0.4) is 0 Å². The zero-order valence-electron chi connectivity index (χ0n) is 14.9. The van der Waals surface area contributed by atoms with Crippen molar-refractivity contribution in [3.8, 4) is 0 Å². The molecule has 2 amide bonds. The van der Waals surface area contributed by atoms with Gasteiger partial charge >= 0.3 is 6.09 Å². The van der Waals surface area contributed by atoms with Gasteiger partial charge in [-0.05, 0) is 25.3 Å². The number of carbonyl (C=O) groups excluding carboxylic acids is 4. The number of hydrogen-bond donors (Lipinski definition) is 1. The quantitative estimate of drug-likeness (QED) is 0.617. The number of alkyl carbamates (subject to hydrolysis) is 1. The highest BCUT2D eigenvalue weighted by atomic mass is 16.5. The Hall–Kier alpha value is -2.96. The van der Waals surface area contributed by atoms with Crippen LogP contribution in [0.1, 0.15) is 25.3 Å². The molecule has 7 nitrogen and oxygen atoms in total. The Morgan fingerprint density at radius 2 is 1.85 bits per heavy atom. The lowest BCUT2D eigenvalue weighted by molar-refractivity contribution is -0.146. The Kier molecular flexibility index (Phi) is 8.77. The second kappa shape index (κ2) is 10.8. The molecule has 1 aromatic carbocycles. The number of hydrogen-bond acceptors (Lipinski definition) is 5. The molecule has 1 N–H and O–H groups in total. The molecular weight excluding hydrogens is 336 g/mol. The van der Waals surface area contributed by atoms with E-state index in [9.17, 15) is 19.2 Å². The first-order valence-corrected chi connectivity index (χ1v) is 8.28. The van der Waals surface area contributed by atoms with Crippen LogP contribution in [-0.2, 0) is 25.7 Å². The third-order valence-corrected chi connectivity index (χ3v) is 3.83. The van der Waals surface area contributed by atoms with Gasteiger partial charge in [0.25, 0.3) is 5.91 Å². The first kappa shape index (κ1) is 21.1. The molecule has 1 heterocycles. The summed E-state index contributed by atoms with van der Waals surface area (Å²) < 4.78 is 4.96. The highest BCUT2D eigenvalue weighted by molar-refractivity contribution is 6.37. The summed E-state index contributed by atoms with van der Waals surface area (Å²) in [4.78, 5) is 48.3. The maximum atomic E-state index is 12.1. The minimum absolute atomic E-state index is 0.0767. The van der Waals surface area contributed by atoms with Crippen LogP contribution in [0.5, 0.6) is 0 Å². The van der Waals surface area contributed by atoms with Crippen LogP contribution >= 0.6 is 0 Å². The summed E-state index contributed by atoms with van der Waals surface area (Å²) >= 11 is 0. The molecular formula is C19H24N2O5. The lowest BCUT2D eigenvalue weighted by Gasteiger charge is -2.21. The molecule has 1 saturated heterocycles. The monoisotopic (exact) mass is 360 g/mol. The van der Waals surface area contributed by atoms with Gasteiger partial charge < -0.3 is 15.0 Å². The maximum absolute atomic E-state index is 12.1. The van der Waals surface area contributed by atoms with Crippen LogP contribution in [-0.4, -0.2) is 47.6 Å². The molecule has 0 radical (unpaired) electrons. The second-order valence-corrected chi connectivity index (χ2v) is 5.61. The summed E-state index contributed by atoms with van der Waals surface area (Å²) in [5, 5.41) is 2.26. The summed E-state index contributed by atoms with van der Waals surface area (Å²) in [7, 11) is 0. The molecule has 0 aliphatic carbocycles. The fraction of sp³-hybridized carbons (Fsp3) is 0.368. The highest BCUT2D eigenvalue weighted by Crippen LogP contribution is 2.18. The first-order valence-electron chi connectivity index (χ1n) is 8.28. The van der Waals surface area contributed by atoms with E-state index >= 15 is 0 Å². The summed E-state index contributed by atoms with van der Waals surface area (Å²) in [6.07, 6.45) is 0.487. The summed E-state index contributed by atoms with van der Waals surface area (Å²) in [6.45, 7) is 7.41. The Balaban J connectivity index is 0.00000163. The van der Waals surface area contributed by atoms with Gasteiger partial charge in [-0.15, -0.1) is 13.2 Å². The van der Waals surface area contributed by atoms with E-state index in [1.54, 1.807) is 12.1 Å². The molecule has 26 heavy (non-hydrogen) atoms. The van der Waals surface area contributed by atoms with Crippen LogP contribution in [0.4, 0.5) is 4.79 Å². The van der Waals surface area contributed by atoms with Gasteiger partial charge in [0.1, 0.15) is 6.61 Å². The van der Waals surface area contributed by atoms with Gasteiger partial charge in [0.05, 0.1) is 12.6 Å². The maximum Gasteiger partial charge on any atom is 0.407 e. The number of benzene rings is 1. The zero-order valence-corrected chi connectivity index (χ0v) is 14.9. The van der Waals surface area contributed by atoms with E-state index in [0.29, 0.717) is 19.4 Å². The van der Waals surface area contributed by atoms with Crippen LogP contribution < -0.4 is 5.32 Å². The van der Waals surface area contributed by atoms with E-state index in [4.69, 9.17) is 4.74 Å². The molecule has 1 aliphatic heterocycles. The predicted molar refractivity (Wildman–Crippen MR) is 96.3 cm³/mol. The van der Waals surface area contributed by atoms with E-state index in [1.165, 1.54) is 11.8 Å². The van der Waals surface area contributed by atoms with Gasteiger partial charge in [0.2, 0.25) is 5.78 Å². The van der Waals surface area contributed by atoms with E-state index in [-0.39, 0.29) is 12.4 Å². The molecule has 0 spiro atoms. The Morgan fingerprint density at radius 3 is 2.46 bits per heavy atom. The van der Waals surface area contributed by atoms with Crippen molar-refractivity contribution in [1.29, 1.82) is 0 Å². The number of amides is 2. The number of nitrogens with one attached hydrogen (secondary N) is 1. The summed E-state index contributed by atoms with van der Waals surface area (Å²) in [5.41, 5.74) is 0.816. The second-order valence-electron chi connectivity index (χ2n) is 5.61. The third-order valence-electron chi connectivity index (χ3n) is 3.83. The fourth-order valence-electron chi connectivity index (χ4n) is 2.59. The summed E-state index contributed by atoms with van der Waals surface area (Å²) in [5.74, 6) is -1.64. The third kappa shape index (κ3) is 6.16. The van der Waals surface area contributed by atoms with Gasteiger partial charge in [-0.1, -0.05) is 30.3 Å². The number of nitrogens with zero attached hydrogens (tertiary/aromatic N) is 1. The van der Waals surface area contributed by atoms with Gasteiger partial charge in [-0.3, -0.25) is 14.4 Å². The van der Waals surface area contributed by atoms with Gasteiger partial charge in [-0.2, -0.15) is 0 Å². The highest BCUT2D eigenvalue weighted by Gasteiger charge is 2.34. The fourth-order valence-corrected chi connectivity index (χ4v) is 2.59. The lowest BCUT2D eigenvalue weighted by Crippen LogP contribution is -2.46. The van der Waals surface area contributed by atoms with Crippen molar-refractivity contribution in [2.75, 3.05) is 13.1 Å². The Labute approximate surface area is 153 Å². The van der Waals surface area contributed by atoms with E-state index < -0.39 is 30.4 Å². The van der Waals surface area contributed by atoms with Crippen molar-refractivity contribution in [1.82, 2.24) is 10.2 Å². The molecule has 0 saturated carbocycles. The molecule has 140 valence electrons. The van der Waals surface area contributed by atoms with E-state index in [0.717, 1.165) is 5.56 Å². The van der Waals surface area contributed by atoms with E-state index in [2.05, 4.69) is 18.5 Å². The molecule has 7 heteroatoms. The average Bonchev–Trinajstić information content (AvgIpc) is 3.16. The number of carbonyl (C=O) groups is 4. The van der Waals surface area contributed by atoms with Crippen LogP contribution in [0.2, 0.25) is 0 Å². The molecule has 0 aromatic heterocycles. The number of ketones is 2. The topological polar surface area (TPSA) is 92.8 Å². The molecule has 0 unspecified atom stereocenters. The first-order chi connectivity index (χ1) is 12.5. The van der Waals surface area contributed by atoms with Crippen molar-refractivity contribution >= 4 is 23.6 Å². The minimum atomic E-state index is -0.774. The van der Waals surface area contributed by atoms with Crippen LogP contribution in [0.25, 0.3) is 0 Å². The van der Waals surface area contributed by atoms with Crippen molar-refractivity contribution in [2.45, 2.75) is 32.4 Å². The Bertz CT molecular complexity index is 645. The molecule has 1 atom stereocenters. The number of ether oxygens (including phenoxy) is 1. The predicted octanol–water partition coefficient (Wildman–Crippen LogP) is 1.86. The van der Waals surface area contributed by atoms with Crippen LogP contribution in [0, 0.1) is 0 Å². The van der Waals surface area contributed by atoms with Crippen molar-refractivity contribution in [3.63, 3.8) is 0 Å².